The van der Waals surface area contributed by atoms with Gasteiger partial charge >= 0.3 is 12.1 Å². The summed E-state index contributed by atoms with van der Waals surface area (Å²) in [5.74, 6) is -0.146. The SMILES string of the molecule is CC(C)(C)OC(=O)N[C@H](CC(=O)O)Cc1cc(N(CCCl)CCCl)ccc1Cl. The lowest BCUT2D eigenvalue weighted by atomic mass is 10.0. The number of amides is 1. The minimum atomic E-state index is -1.03. The Morgan fingerprint density at radius 3 is 2.32 bits per heavy atom. The molecular weight excluding hydrogens is 427 g/mol. The number of anilines is 1. The van der Waals surface area contributed by atoms with E-state index < -0.39 is 23.7 Å². The summed E-state index contributed by atoms with van der Waals surface area (Å²) in [5, 5.41) is 12.3. The van der Waals surface area contributed by atoms with Crippen LogP contribution in [0.1, 0.15) is 32.8 Å². The summed E-state index contributed by atoms with van der Waals surface area (Å²) >= 11 is 18.1. The Labute approximate surface area is 181 Å². The first kappa shape index (κ1) is 24.7. The number of ether oxygens (including phenoxy) is 1. The van der Waals surface area contributed by atoms with Crippen molar-refractivity contribution in [3.05, 3.63) is 28.8 Å². The molecule has 28 heavy (non-hydrogen) atoms. The number of benzene rings is 1. The van der Waals surface area contributed by atoms with Crippen LogP contribution in [0.4, 0.5) is 10.5 Å². The number of hydrogen-bond acceptors (Lipinski definition) is 4. The molecule has 1 amide bonds. The number of carboxylic acid groups (broad SMARTS) is 1. The maximum absolute atomic E-state index is 12.1. The van der Waals surface area contributed by atoms with Crippen molar-refractivity contribution in [2.45, 2.75) is 45.3 Å². The number of halogens is 3. The lowest BCUT2D eigenvalue weighted by Crippen LogP contribution is -2.41. The van der Waals surface area contributed by atoms with Crippen LogP contribution in [0.5, 0.6) is 0 Å². The Kier molecular flexibility index (Phi) is 10.2. The second-order valence-electron chi connectivity index (χ2n) is 7.29. The molecule has 0 fully saturated rings. The number of nitrogens with one attached hydrogen (secondary N) is 1. The van der Waals surface area contributed by atoms with Crippen LogP contribution in [-0.2, 0) is 16.0 Å². The molecule has 0 aliphatic carbocycles. The predicted octanol–water partition coefficient (Wildman–Crippen LogP) is 4.53. The number of rotatable bonds is 10. The normalized spacial score (nSPS) is 12.4. The molecule has 2 N–H and O–H groups in total. The van der Waals surface area contributed by atoms with E-state index in [0.29, 0.717) is 29.9 Å². The minimum absolute atomic E-state index is 0.244. The van der Waals surface area contributed by atoms with Crippen LogP contribution in [0.25, 0.3) is 0 Å². The van der Waals surface area contributed by atoms with Gasteiger partial charge < -0.3 is 20.1 Å². The number of alkyl carbamates (subject to hydrolysis) is 1. The number of aliphatic carboxylic acids is 1. The summed E-state index contributed by atoms with van der Waals surface area (Å²) in [4.78, 5) is 25.3. The van der Waals surface area contributed by atoms with Gasteiger partial charge in [-0.25, -0.2) is 4.79 Å². The van der Waals surface area contributed by atoms with E-state index in [4.69, 9.17) is 39.5 Å². The Bertz CT molecular complexity index is 659. The predicted molar refractivity (Wildman–Crippen MR) is 114 cm³/mol. The molecule has 9 heteroatoms. The summed E-state index contributed by atoms with van der Waals surface area (Å²) in [7, 11) is 0. The second kappa shape index (κ2) is 11.6. The zero-order valence-corrected chi connectivity index (χ0v) is 18.6. The molecule has 1 rings (SSSR count). The van der Waals surface area contributed by atoms with Crippen LogP contribution in [0.3, 0.4) is 0 Å². The second-order valence-corrected chi connectivity index (χ2v) is 8.45. The summed E-state index contributed by atoms with van der Waals surface area (Å²) in [6.07, 6.45) is -0.683. The van der Waals surface area contributed by atoms with E-state index >= 15 is 0 Å². The quantitative estimate of drug-likeness (QED) is 0.509. The molecule has 0 aromatic heterocycles. The van der Waals surface area contributed by atoms with Crippen molar-refractivity contribution in [3.63, 3.8) is 0 Å². The third kappa shape index (κ3) is 9.22. The maximum atomic E-state index is 12.1. The Morgan fingerprint density at radius 2 is 1.82 bits per heavy atom. The van der Waals surface area contributed by atoms with Crippen LogP contribution < -0.4 is 10.2 Å². The van der Waals surface area contributed by atoms with Gasteiger partial charge in [0.2, 0.25) is 0 Å². The van der Waals surface area contributed by atoms with Crippen molar-refractivity contribution in [2.75, 3.05) is 29.7 Å². The molecule has 0 saturated heterocycles. The van der Waals surface area contributed by atoms with Crippen LogP contribution in [-0.4, -0.2) is 53.7 Å². The van der Waals surface area contributed by atoms with Gasteiger partial charge in [0, 0.05) is 41.6 Å². The topological polar surface area (TPSA) is 78.9 Å². The minimum Gasteiger partial charge on any atom is -0.481 e. The number of carbonyl (C=O) groups excluding carboxylic acids is 1. The monoisotopic (exact) mass is 452 g/mol. The zero-order valence-electron chi connectivity index (χ0n) is 16.3. The largest absolute Gasteiger partial charge is 0.481 e. The van der Waals surface area contributed by atoms with E-state index in [2.05, 4.69) is 5.32 Å². The van der Waals surface area contributed by atoms with Gasteiger partial charge in [0.15, 0.2) is 0 Å². The van der Waals surface area contributed by atoms with E-state index in [-0.39, 0.29) is 12.8 Å². The van der Waals surface area contributed by atoms with Gasteiger partial charge in [-0.1, -0.05) is 11.6 Å². The molecule has 0 spiro atoms. The fraction of sp³-hybridized carbons (Fsp3) is 0.579. The van der Waals surface area contributed by atoms with Gasteiger partial charge in [-0.15, -0.1) is 23.2 Å². The van der Waals surface area contributed by atoms with Crippen molar-refractivity contribution in [1.82, 2.24) is 5.32 Å². The van der Waals surface area contributed by atoms with Crippen molar-refractivity contribution < 1.29 is 19.4 Å². The molecule has 0 aliphatic heterocycles. The lowest BCUT2D eigenvalue weighted by molar-refractivity contribution is -0.137. The molecule has 0 unspecified atom stereocenters. The number of carbonyl (C=O) groups is 2. The van der Waals surface area contributed by atoms with Crippen molar-refractivity contribution >= 4 is 52.6 Å². The summed E-state index contributed by atoms with van der Waals surface area (Å²) in [6.45, 7) is 6.44. The molecule has 0 heterocycles. The molecule has 6 nitrogen and oxygen atoms in total. The fourth-order valence-electron chi connectivity index (χ4n) is 2.61. The van der Waals surface area contributed by atoms with Gasteiger partial charge in [0.25, 0.3) is 0 Å². The van der Waals surface area contributed by atoms with Crippen LogP contribution >= 0.6 is 34.8 Å². The Morgan fingerprint density at radius 1 is 1.21 bits per heavy atom. The van der Waals surface area contributed by atoms with Gasteiger partial charge in [-0.3, -0.25) is 4.79 Å². The van der Waals surface area contributed by atoms with Crippen LogP contribution in [0, 0.1) is 0 Å². The molecule has 0 bridgehead atoms. The van der Waals surface area contributed by atoms with E-state index in [1.807, 2.05) is 17.0 Å². The average molecular weight is 454 g/mol. The van der Waals surface area contributed by atoms with E-state index in [0.717, 1.165) is 11.3 Å². The first-order valence-corrected chi connectivity index (χ1v) is 10.4. The fourth-order valence-corrected chi connectivity index (χ4v) is 3.22. The van der Waals surface area contributed by atoms with Crippen molar-refractivity contribution in [2.24, 2.45) is 0 Å². The van der Waals surface area contributed by atoms with Gasteiger partial charge in [0.1, 0.15) is 5.60 Å². The van der Waals surface area contributed by atoms with Gasteiger partial charge in [0.05, 0.1) is 6.42 Å². The smallest absolute Gasteiger partial charge is 0.407 e. The summed E-state index contributed by atoms with van der Waals surface area (Å²) in [5.41, 5.74) is 0.918. The number of nitrogens with zero attached hydrogens (tertiary/aromatic N) is 1. The highest BCUT2D eigenvalue weighted by molar-refractivity contribution is 6.31. The summed E-state index contributed by atoms with van der Waals surface area (Å²) in [6, 6.07) is 4.80. The standard InChI is InChI=1S/C19H27Cl3N2O4/c1-19(2,3)28-18(27)23-14(12-17(25)26)10-13-11-15(4-5-16(13)22)24(8-6-20)9-7-21/h4-5,11,14H,6-10,12H2,1-3H3,(H,23,27)(H,25,26)/t14-/m0/s1. The van der Waals surface area contributed by atoms with Gasteiger partial charge in [-0.2, -0.15) is 0 Å². The molecule has 1 aromatic carbocycles. The number of alkyl halides is 2. The molecule has 0 radical (unpaired) electrons. The lowest BCUT2D eigenvalue weighted by Gasteiger charge is -2.25. The average Bonchev–Trinajstić information content (AvgIpc) is 2.54. The highest BCUT2D eigenvalue weighted by Crippen LogP contribution is 2.25. The molecule has 1 aromatic rings. The Hall–Kier alpha value is -1.37. The molecular formula is C19H27Cl3N2O4. The highest BCUT2D eigenvalue weighted by Gasteiger charge is 2.22. The van der Waals surface area contributed by atoms with Gasteiger partial charge in [-0.05, 0) is 51.0 Å². The van der Waals surface area contributed by atoms with E-state index in [1.54, 1.807) is 26.8 Å². The highest BCUT2D eigenvalue weighted by atomic mass is 35.5. The Balaban J connectivity index is 3.01. The maximum Gasteiger partial charge on any atom is 0.407 e. The zero-order chi connectivity index (χ0) is 21.3. The molecule has 158 valence electrons. The molecule has 0 saturated carbocycles. The third-order valence-electron chi connectivity index (χ3n) is 3.71. The van der Waals surface area contributed by atoms with E-state index in [9.17, 15) is 14.7 Å². The molecule has 0 aliphatic rings. The molecule has 1 atom stereocenters. The number of carboxylic acids is 1. The van der Waals surface area contributed by atoms with Crippen molar-refractivity contribution in [3.8, 4) is 0 Å². The number of hydrogen-bond donors (Lipinski definition) is 2. The first-order valence-electron chi connectivity index (χ1n) is 8.92. The van der Waals surface area contributed by atoms with E-state index in [1.165, 1.54) is 0 Å². The third-order valence-corrected chi connectivity index (χ3v) is 4.42. The first-order chi connectivity index (χ1) is 13.1. The van der Waals surface area contributed by atoms with Crippen LogP contribution in [0.15, 0.2) is 18.2 Å². The summed E-state index contributed by atoms with van der Waals surface area (Å²) < 4.78 is 5.23. The van der Waals surface area contributed by atoms with Crippen molar-refractivity contribution in [1.29, 1.82) is 0 Å². The van der Waals surface area contributed by atoms with Crippen LogP contribution in [0.2, 0.25) is 5.02 Å².